The standard InChI is InChI=1S/C22H26O2S8/c1-3-19(23)27-9-17-11-29-21(31-17)13-25-15-6-5-7-16(8-15)26-14-22-30-12-18(32-22)10-28-20(24)4-2/h3-8,17-18,21-22H,1-2,9-14H2. The summed E-state index contributed by atoms with van der Waals surface area (Å²) in [7, 11) is 0. The summed E-state index contributed by atoms with van der Waals surface area (Å²) in [6.07, 6.45) is 2.81. The molecule has 1 aromatic carbocycles. The minimum absolute atomic E-state index is 0.0781. The summed E-state index contributed by atoms with van der Waals surface area (Å²) >= 11 is 14.7. The van der Waals surface area contributed by atoms with Crippen molar-refractivity contribution in [2.75, 3.05) is 34.5 Å². The topological polar surface area (TPSA) is 34.1 Å². The first-order valence-corrected chi connectivity index (χ1v) is 18.0. The zero-order valence-electron chi connectivity index (χ0n) is 17.5. The molecule has 174 valence electrons. The van der Waals surface area contributed by atoms with Crippen LogP contribution in [-0.4, -0.2) is 64.4 Å². The van der Waals surface area contributed by atoms with Crippen LogP contribution in [0.1, 0.15) is 0 Å². The number of rotatable bonds is 12. The number of thioether (sulfide) groups is 8. The van der Waals surface area contributed by atoms with Crippen LogP contribution in [0, 0.1) is 0 Å². The molecule has 10 heteroatoms. The largest absolute Gasteiger partial charge is 0.282 e. The van der Waals surface area contributed by atoms with E-state index in [1.807, 2.05) is 70.6 Å². The number of benzene rings is 1. The number of hydrogen-bond acceptors (Lipinski definition) is 10. The molecule has 0 radical (unpaired) electrons. The Kier molecular flexibility index (Phi) is 12.9. The van der Waals surface area contributed by atoms with Crippen LogP contribution in [0.25, 0.3) is 0 Å². The summed E-state index contributed by atoms with van der Waals surface area (Å²) in [5.74, 6) is 6.21. The first kappa shape index (κ1) is 27.4. The molecule has 2 heterocycles. The predicted molar refractivity (Wildman–Crippen MR) is 158 cm³/mol. The van der Waals surface area contributed by atoms with Gasteiger partial charge in [0.05, 0.1) is 9.16 Å². The van der Waals surface area contributed by atoms with Crippen molar-refractivity contribution in [2.45, 2.75) is 29.5 Å². The van der Waals surface area contributed by atoms with Crippen molar-refractivity contribution < 1.29 is 9.59 Å². The average molecular weight is 579 g/mol. The molecule has 0 aliphatic carbocycles. The third-order valence-electron chi connectivity index (χ3n) is 4.36. The van der Waals surface area contributed by atoms with Gasteiger partial charge in [-0.05, 0) is 30.4 Å². The molecule has 2 fully saturated rings. The second-order valence-corrected chi connectivity index (χ2v) is 17.1. The molecule has 4 unspecified atom stereocenters. The van der Waals surface area contributed by atoms with Crippen LogP contribution in [0.5, 0.6) is 0 Å². The molecule has 2 aliphatic heterocycles. The Hall–Kier alpha value is 0.840. The minimum Gasteiger partial charge on any atom is -0.282 e. The van der Waals surface area contributed by atoms with Crippen LogP contribution < -0.4 is 0 Å². The Bertz CT molecular complexity index is 741. The molecule has 3 rings (SSSR count). The van der Waals surface area contributed by atoms with E-state index in [1.165, 1.54) is 45.5 Å². The van der Waals surface area contributed by atoms with Crippen LogP contribution in [0.3, 0.4) is 0 Å². The highest BCUT2D eigenvalue weighted by atomic mass is 32.2. The molecular weight excluding hydrogens is 553 g/mol. The van der Waals surface area contributed by atoms with Crippen molar-refractivity contribution in [3.05, 3.63) is 49.6 Å². The fourth-order valence-corrected chi connectivity index (χ4v) is 14.1. The lowest BCUT2D eigenvalue weighted by molar-refractivity contribution is -0.107. The molecule has 32 heavy (non-hydrogen) atoms. The van der Waals surface area contributed by atoms with E-state index >= 15 is 0 Å². The van der Waals surface area contributed by atoms with Gasteiger partial charge in [0, 0.05) is 54.8 Å². The van der Waals surface area contributed by atoms with E-state index in [4.69, 9.17) is 0 Å². The maximum absolute atomic E-state index is 11.4. The molecule has 0 aromatic heterocycles. The highest BCUT2D eigenvalue weighted by molar-refractivity contribution is 8.23. The zero-order chi connectivity index (χ0) is 22.8. The van der Waals surface area contributed by atoms with Gasteiger partial charge in [0.2, 0.25) is 10.2 Å². The monoisotopic (exact) mass is 578 g/mol. The van der Waals surface area contributed by atoms with E-state index in [-0.39, 0.29) is 10.2 Å². The van der Waals surface area contributed by atoms with Gasteiger partial charge in [-0.2, -0.15) is 0 Å². The summed E-state index contributed by atoms with van der Waals surface area (Å²) in [4.78, 5) is 25.5. The van der Waals surface area contributed by atoms with Crippen molar-refractivity contribution in [1.82, 2.24) is 0 Å². The van der Waals surface area contributed by atoms with Gasteiger partial charge in [0.1, 0.15) is 0 Å². The summed E-state index contributed by atoms with van der Waals surface area (Å²) < 4.78 is 1.18. The van der Waals surface area contributed by atoms with Crippen LogP contribution in [-0.2, 0) is 9.59 Å². The Balaban J connectivity index is 1.35. The lowest BCUT2D eigenvalue weighted by Crippen LogP contribution is -2.07. The van der Waals surface area contributed by atoms with Crippen molar-refractivity contribution in [2.24, 2.45) is 0 Å². The zero-order valence-corrected chi connectivity index (χ0v) is 24.0. The first-order chi connectivity index (χ1) is 15.6. The Morgan fingerprint density at radius 2 is 1.31 bits per heavy atom. The molecular formula is C22H26O2S8. The van der Waals surface area contributed by atoms with Gasteiger partial charge >= 0.3 is 0 Å². The van der Waals surface area contributed by atoms with Crippen molar-refractivity contribution in [3.8, 4) is 0 Å². The number of hydrogen-bond donors (Lipinski definition) is 0. The van der Waals surface area contributed by atoms with Crippen LogP contribution in [0.2, 0.25) is 0 Å². The smallest absolute Gasteiger partial charge is 0.211 e. The first-order valence-electron chi connectivity index (χ1n) is 10.0. The molecule has 1 aromatic rings. The lowest BCUT2D eigenvalue weighted by atomic mass is 10.4. The number of carbonyl (C=O) groups excluding carboxylic acids is 2. The third kappa shape index (κ3) is 9.84. The van der Waals surface area contributed by atoms with E-state index in [0.717, 1.165) is 34.5 Å². The molecule has 0 amide bonds. The fraction of sp³-hybridized carbons (Fsp3) is 0.455. The Labute approximate surface area is 225 Å². The molecule has 0 bridgehead atoms. The highest BCUT2D eigenvalue weighted by Crippen LogP contribution is 2.43. The molecule has 2 saturated heterocycles. The second kappa shape index (κ2) is 15.1. The van der Waals surface area contributed by atoms with Crippen molar-refractivity contribution in [1.29, 1.82) is 0 Å². The maximum atomic E-state index is 11.4. The normalized spacial score (nSPS) is 25.0. The van der Waals surface area contributed by atoms with Crippen LogP contribution in [0.15, 0.2) is 59.4 Å². The second-order valence-electron chi connectivity index (χ2n) is 6.81. The van der Waals surface area contributed by atoms with Gasteiger partial charge in [-0.1, -0.05) is 42.7 Å². The molecule has 0 spiro atoms. The predicted octanol–water partition coefficient (Wildman–Crippen LogP) is 7.11. The van der Waals surface area contributed by atoms with Gasteiger partial charge in [-0.25, -0.2) is 0 Å². The van der Waals surface area contributed by atoms with E-state index in [1.54, 1.807) is 0 Å². The molecule has 4 atom stereocenters. The molecule has 2 nitrogen and oxygen atoms in total. The highest BCUT2D eigenvalue weighted by Gasteiger charge is 2.27. The summed E-state index contributed by atoms with van der Waals surface area (Å²) in [6, 6.07) is 8.89. The Morgan fingerprint density at radius 1 is 0.844 bits per heavy atom. The Morgan fingerprint density at radius 3 is 1.75 bits per heavy atom. The maximum Gasteiger partial charge on any atom is 0.211 e. The average Bonchev–Trinajstić information content (AvgIpc) is 3.48. The van der Waals surface area contributed by atoms with E-state index in [2.05, 4.69) is 37.4 Å². The molecule has 0 saturated carbocycles. The van der Waals surface area contributed by atoms with Gasteiger partial charge in [-0.15, -0.1) is 70.6 Å². The van der Waals surface area contributed by atoms with Crippen molar-refractivity contribution in [3.63, 3.8) is 0 Å². The van der Waals surface area contributed by atoms with E-state index in [9.17, 15) is 9.59 Å². The molecule has 0 N–H and O–H groups in total. The van der Waals surface area contributed by atoms with Gasteiger partial charge < -0.3 is 0 Å². The van der Waals surface area contributed by atoms with Crippen LogP contribution >= 0.6 is 94.1 Å². The van der Waals surface area contributed by atoms with Crippen molar-refractivity contribution >= 4 is 104 Å². The van der Waals surface area contributed by atoms with Gasteiger partial charge in [-0.3, -0.25) is 9.59 Å². The van der Waals surface area contributed by atoms with Gasteiger partial charge in [0.25, 0.3) is 0 Å². The fourth-order valence-electron chi connectivity index (χ4n) is 2.82. The third-order valence-corrected chi connectivity index (χ3v) is 16.4. The SMILES string of the molecule is C=CC(=O)SCC1CSC(CSc2cccc(SCC3SCC(CSC(=O)C=C)S3)c2)S1. The number of carbonyl (C=O) groups is 2. The molecule has 2 aliphatic rings. The minimum atomic E-state index is 0.0781. The quantitative estimate of drug-likeness (QED) is 0.189. The van der Waals surface area contributed by atoms with E-state index in [0.29, 0.717) is 19.7 Å². The lowest BCUT2D eigenvalue weighted by Gasteiger charge is -2.11. The van der Waals surface area contributed by atoms with Gasteiger partial charge in [0.15, 0.2) is 0 Å². The van der Waals surface area contributed by atoms with E-state index < -0.39 is 0 Å². The van der Waals surface area contributed by atoms with Crippen LogP contribution in [0.4, 0.5) is 0 Å². The summed E-state index contributed by atoms with van der Waals surface area (Å²) in [6.45, 7) is 7.08. The summed E-state index contributed by atoms with van der Waals surface area (Å²) in [5, 5.41) is 1.27. The summed E-state index contributed by atoms with van der Waals surface area (Å²) in [5.41, 5.74) is 0.